The number of nitrogens with one attached hydrogen (secondary N) is 1. The van der Waals surface area contributed by atoms with Gasteiger partial charge in [0.1, 0.15) is 5.82 Å². The first-order chi connectivity index (χ1) is 7.36. The quantitative estimate of drug-likeness (QED) is 0.763. The van der Waals surface area contributed by atoms with Crippen LogP contribution in [-0.4, -0.2) is 16.3 Å². The molecule has 3 nitrogen and oxygen atoms in total. The largest absolute Gasteiger partial charge is 0.370 e. The molecular formula is C12H19N3. The second-order valence-electron chi connectivity index (χ2n) is 4.85. The summed E-state index contributed by atoms with van der Waals surface area (Å²) < 4.78 is 2.03. The van der Waals surface area contributed by atoms with E-state index in [0.717, 1.165) is 12.5 Å². The average Bonchev–Trinajstić information content (AvgIpc) is 2.84. The fraction of sp³-hybridized carbons (Fsp3) is 0.750. The highest BCUT2D eigenvalue weighted by atomic mass is 15.3. The van der Waals surface area contributed by atoms with Crippen molar-refractivity contribution in [3.05, 3.63) is 11.3 Å². The Morgan fingerprint density at radius 1 is 1.27 bits per heavy atom. The summed E-state index contributed by atoms with van der Waals surface area (Å²) >= 11 is 0. The van der Waals surface area contributed by atoms with Crippen LogP contribution in [0.25, 0.3) is 0 Å². The van der Waals surface area contributed by atoms with Gasteiger partial charge in [-0.25, -0.2) is 0 Å². The van der Waals surface area contributed by atoms with Crippen molar-refractivity contribution < 1.29 is 0 Å². The summed E-state index contributed by atoms with van der Waals surface area (Å²) in [5, 5.41) is 8.14. The van der Waals surface area contributed by atoms with Crippen LogP contribution in [0.1, 0.15) is 49.3 Å². The summed E-state index contributed by atoms with van der Waals surface area (Å²) in [5.41, 5.74) is 2.90. The van der Waals surface area contributed by atoms with Gasteiger partial charge in [0.15, 0.2) is 0 Å². The van der Waals surface area contributed by atoms with Crippen LogP contribution in [0.3, 0.4) is 0 Å². The number of rotatable bonds is 1. The van der Waals surface area contributed by atoms with E-state index in [-0.39, 0.29) is 0 Å². The molecule has 1 aromatic heterocycles. The van der Waals surface area contributed by atoms with Crippen molar-refractivity contribution >= 4 is 5.82 Å². The van der Waals surface area contributed by atoms with E-state index in [4.69, 9.17) is 5.10 Å². The van der Waals surface area contributed by atoms with E-state index in [0.29, 0.717) is 0 Å². The van der Waals surface area contributed by atoms with Crippen LogP contribution in [0.2, 0.25) is 0 Å². The van der Waals surface area contributed by atoms with E-state index < -0.39 is 0 Å². The monoisotopic (exact) mass is 205 g/mol. The van der Waals surface area contributed by atoms with Gasteiger partial charge in [0.25, 0.3) is 0 Å². The second-order valence-corrected chi connectivity index (χ2v) is 4.85. The second kappa shape index (κ2) is 3.54. The van der Waals surface area contributed by atoms with Gasteiger partial charge in [0.2, 0.25) is 0 Å². The average molecular weight is 205 g/mol. The molecule has 0 saturated heterocycles. The molecule has 1 saturated carbocycles. The van der Waals surface area contributed by atoms with Gasteiger partial charge in [-0.3, -0.25) is 4.68 Å². The summed E-state index contributed by atoms with van der Waals surface area (Å²) in [6.45, 7) is 1.10. The van der Waals surface area contributed by atoms with Crippen molar-refractivity contribution in [2.75, 3.05) is 11.9 Å². The number of anilines is 1. The lowest BCUT2D eigenvalue weighted by Gasteiger charge is -2.20. The van der Waals surface area contributed by atoms with E-state index in [1.165, 1.54) is 55.6 Å². The van der Waals surface area contributed by atoms with E-state index in [1.54, 1.807) is 0 Å². The summed E-state index contributed by atoms with van der Waals surface area (Å²) in [4.78, 5) is 0. The summed E-state index contributed by atoms with van der Waals surface area (Å²) in [5.74, 6) is 2.02. The van der Waals surface area contributed by atoms with Crippen LogP contribution in [0.15, 0.2) is 0 Å². The molecule has 3 heteroatoms. The zero-order valence-corrected chi connectivity index (χ0v) is 9.42. The minimum atomic E-state index is 0.744. The standard InChI is InChI=1S/C12H19N3/c1-15-12-10(7-8-13-12)11(14-15)9-5-3-2-4-6-9/h9,13H,2-8H2,1H3. The smallest absolute Gasteiger partial charge is 0.127 e. The van der Waals surface area contributed by atoms with Crippen LogP contribution >= 0.6 is 0 Å². The van der Waals surface area contributed by atoms with Crippen molar-refractivity contribution in [1.82, 2.24) is 9.78 Å². The minimum Gasteiger partial charge on any atom is -0.370 e. The Morgan fingerprint density at radius 2 is 2.07 bits per heavy atom. The van der Waals surface area contributed by atoms with Crippen LogP contribution in [0.4, 0.5) is 5.82 Å². The molecule has 15 heavy (non-hydrogen) atoms. The van der Waals surface area contributed by atoms with E-state index in [1.807, 2.05) is 4.68 Å². The molecule has 1 N–H and O–H groups in total. The molecule has 1 aromatic rings. The molecule has 0 spiro atoms. The zero-order valence-electron chi connectivity index (χ0n) is 9.42. The van der Waals surface area contributed by atoms with Gasteiger partial charge in [-0.2, -0.15) is 5.10 Å². The maximum absolute atomic E-state index is 4.71. The lowest BCUT2D eigenvalue weighted by molar-refractivity contribution is 0.432. The Labute approximate surface area is 90.9 Å². The molecule has 0 radical (unpaired) electrons. The predicted octanol–water partition coefficient (Wildman–Crippen LogP) is 2.44. The van der Waals surface area contributed by atoms with E-state index in [2.05, 4.69) is 12.4 Å². The highest BCUT2D eigenvalue weighted by molar-refractivity contribution is 5.53. The van der Waals surface area contributed by atoms with Crippen LogP contribution < -0.4 is 5.32 Å². The predicted molar refractivity (Wildman–Crippen MR) is 61.2 cm³/mol. The third kappa shape index (κ3) is 1.45. The molecule has 0 atom stereocenters. The molecular weight excluding hydrogens is 186 g/mol. The SMILES string of the molecule is Cn1nc(C2CCCCC2)c2c1NCC2. The molecule has 0 bridgehead atoms. The highest BCUT2D eigenvalue weighted by Gasteiger charge is 2.26. The number of aryl methyl sites for hydroxylation is 1. The lowest BCUT2D eigenvalue weighted by atomic mass is 9.85. The summed E-state index contributed by atoms with van der Waals surface area (Å²) in [7, 11) is 2.06. The minimum absolute atomic E-state index is 0.744. The molecule has 2 heterocycles. The molecule has 0 amide bonds. The van der Waals surface area contributed by atoms with Crippen LogP contribution in [0.5, 0.6) is 0 Å². The maximum atomic E-state index is 4.71. The molecule has 82 valence electrons. The Hall–Kier alpha value is -0.990. The van der Waals surface area contributed by atoms with Crippen LogP contribution in [0, 0.1) is 0 Å². The third-order valence-corrected chi connectivity index (χ3v) is 3.84. The Kier molecular flexibility index (Phi) is 2.19. The number of aromatic nitrogens is 2. The summed E-state index contributed by atoms with van der Waals surface area (Å²) in [6, 6.07) is 0. The maximum Gasteiger partial charge on any atom is 0.127 e. The van der Waals surface area contributed by atoms with Gasteiger partial charge in [-0.1, -0.05) is 19.3 Å². The molecule has 1 aliphatic heterocycles. The first-order valence-electron chi connectivity index (χ1n) is 6.16. The Morgan fingerprint density at radius 3 is 2.87 bits per heavy atom. The van der Waals surface area contributed by atoms with Gasteiger partial charge in [-0.15, -0.1) is 0 Å². The molecule has 0 aromatic carbocycles. The molecule has 3 rings (SSSR count). The number of fused-ring (bicyclic) bond motifs is 1. The zero-order chi connectivity index (χ0) is 10.3. The molecule has 1 aliphatic carbocycles. The number of hydrogen-bond acceptors (Lipinski definition) is 2. The number of hydrogen-bond donors (Lipinski definition) is 1. The van der Waals surface area contributed by atoms with Gasteiger partial charge in [0.05, 0.1) is 5.69 Å². The fourth-order valence-corrected chi connectivity index (χ4v) is 3.07. The normalized spacial score (nSPS) is 21.4. The van der Waals surface area contributed by atoms with Gasteiger partial charge in [-0.05, 0) is 19.3 Å². The van der Waals surface area contributed by atoms with Gasteiger partial charge in [0, 0.05) is 25.1 Å². The van der Waals surface area contributed by atoms with Gasteiger partial charge < -0.3 is 5.32 Å². The van der Waals surface area contributed by atoms with Crippen molar-refractivity contribution in [1.29, 1.82) is 0 Å². The Balaban J connectivity index is 1.93. The van der Waals surface area contributed by atoms with Crippen LogP contribution in [-0.2, 0) is 13.5 Å². The van der Waals surface area contributed by atoms with Crippen molar-refractivity contribution in [3.63, 3.8) is 0 Å². The third-order valence-electron chi connectivity index (χ3n) is 3.84. The fourth-order valence-electron chi connectivity index (χ4n) is 3.07. The molecule has 1 fully saturated rings. The van der Waals surface area contributed by atoms with Crippen molar-refractivity contribution in [2.45, 2.75) is 44.4 Å². The topological polar surface area (TPSA) is 29.9 Å². The van der Waals surface area contributed by atoms with E-state index in [9.17, 15) is 0 Å². The number of nitrogens with zero attached hydrogens (tertiary/aromatic N) is 2. The molecule has 0 unspecified atom stereocenters. The first kappa shape index (κ1) is 9.25. The highest BCUT2D eigenvalue weighted by Crippen LogP contribution is 2.37. The van der Waals surface area contributed by atoms with Crippen molar-refractivity contribution in [3.8, 4) is 0 Å². The van der Waals surface area contributed by atoms with Crippen molar-refractivity contribution in [2.24, 2.45) is 7.05 Å². The summed E-state index contributed by atoms with van der Waals surface area (Å²) in [6.07, 6.45) is 8.08. The Bertz CT molecular complexity index is 361. The van der Waals surface area contributed by atoms with E-state index >= 15 is 0 Å². The first-order valence-corrected chi connectivity index (χ1v) is 6.16. The van der Waals surface area contributed by atoms with Gasteiger partial charge >= 0.3 is 0 Å². The lowest BCUT2D eigenvalue weighted by Crippen LogP contribution is -2.08. The molecule has 2 aliphatic rings.